The number of thiazole rings is 1. The molecule has 0 bridgehead atoms. The van der Waals surface area contributed by atoms with Crippen molar-refractivity contribution >= 4 is 33.8 Å². The molecule has 1 aromatic heterocycles. The van der Waals surface area contributed by atoms with Crippen molar-refractivity contribution in [2.75, 3.05) is 75.9 Å². The van der Waals surface area contributed by atoms with E-state index in [9.17, 15) is 4.79 Å². The van der Waals surface area contributed by atoms with Crippen LogP contribution in [0.1, 0.15) is 10.5 Å². The van der Waals surface area contributed by atoms with Crippen molar-refractivity contribution in [2.45, 2.75) is 0 Å². The summed E-state index contributed by atoms with van der Waals surface area (Å²) in [6.07, 6.45) is 0. The van der Waals surface area contributed by atoms with Gasteiger partial charge in [-0.15, -0.1) is 11.3 Å². The number of aromatic nitrogens is 1. The van der Waals surface area contributed by atoms with E-state index in [1.54, 1.807) is 5.38 Å². The summed E-state index contributed by atoms with van der Waals surface area (Å²) < 4.78 is 10.7. The molecule has 2 aliphatic rings. The molecule has 1 aromatic carbocycles. The highest BCUT2D eigenvalue weighted by Gasteiger charge is 2.14. The lowest BCUT2D eigenvalue weighted by atomic mass is 10.2. The van der Waals surface area contributed by atoms with Crippen molar-refractivity contribution in [3.63, 3.8) is 0 Å². The van der Waals surface area contributed by atoms with E-state index in [-0.39, 0.29) is 5.91 Å². The van der Waals surface area contributed by atoms with Crippen molar-refractivity contribution in [1.82, 2.24) is 15.2 Å². The smallest absolute Gasteiger partial charge is 0.270 e. The van der Waals surface area contributed by atoms with E-state index in [2.05, 4.69) is 37.6 Å². The molecule has 0 spiro atoms. The van der Waals surface area contributed by atoms with Gasteiger partial charge in [-0.3, -0.25) is 9.69 Å². The molecule has 2 aromatic rings. The number of carbonyl (C=O) groups is 1. The van der Waals surface area contributed by atoms with Crippen LogP contribution < -0.4 is 15.5 Å². The molecular weight excluding hydrogens is 390 g/mol. The summed E-state index contributed by atoms with van der Waals surface area (Å²) in [7, 11) is 0. The zero-order valence-electron chi connectivity index (χ0n) is 16.4. The van der Waals surface area contributed by atoms with E-state index in [1.165, 1.54) is 17.0 Å². The van der Waals surface area contributed by atoms with Gasteiger partial charge in [0.05, 0.1) is 26.4 Å². The average molecular weight is 418 g/mol. The third kappa shape index (κ3) is 5.66. The van der Waals surface area contributed by atoms with Gasteiger partial charge in [0.1, 0.15) is 5.69 Å². The molecule has 0 atom stereocenters. The number of ether oxygens (including phenoxy) is 2. The molecular formula is C20H27N5O3S. The zero-order chi connectivity index (χ0) is 19.9. The maximum Gasteiger partial charge on any atom is 0.270 e. The standard InChI is InChI=1S/C20H27N5O3S/c26-19(21-5-6-24-7-11-27-12-8-24)18-15-29-20(23-18)22-16-1-3-17(4-2-16)25-9-13-28-14-10-25/h1-4,15H,5-14H2,(H,21,26)(H,22,23). The third-order valence-corrected chi connectivity index (χ3v) is 5.81. The van der Waals surface area contributed by atoms with Gasteiger partial charge in [0.25, 0.3) is 5.91 Å². The maximum atomic E-state index is 12.3. The minimum absolute atomic E-state index is 0.134. The topological polar surface area (TPSA) is 79.0 Å². The van der Waals surface area contributed by atoms with Crippen LogP contribution in [0.2, 0.25) is 0 Å². The molecule has 4 rings (SSSR count). The summed E-state index contributed by atoms with van der Waals surface area (Å²) in [5, 5.41) is 8.72. The van der Waals surface area contributed by atoms with E-state index in [0.717, 1.165) is 64.8 Å². The first-order chi connectivity index (χ1) is 14.3. The molecule has 0 saturated carbocycles. The van der Waals surface area contributed by atoms with Crippen molar-refractivity contribution in [3.8, 4) is 0 Å². The van der Waals surface area contributed by atoms with Crippen LogP contribution in [0.25, 0.3) is 0 Å². The Balaban J connectivity index is 1.25. The number of nitrogens with one attached hydrogen (secondary N) is 2. The highest BCUT2D eigenvalue weighted by molar-refractivity contribution is 7.14. The zero-order valence-corrected chi connectivity index (χ0v) is 17.2. The van der Waals surface area contributed by atoms with E-state index in [1.807, 2.05) is 12.1 Å². The fourth-order valence-corrected chi connectivity index (χ4v) is 4.09. The van der Waals surface area contributed by atoms with Crippen LogP contribution in [-0.4, -0.2) is 81.5 Å². The molecule has 8 nitrogen and oxygen atoms in total. The van der Waals surface area contributed by atoms with E-state index in [4.69, 9.17) is 9.47 Å². The molecule has 2 saturated heterocycles. The van der Waals surface area contributed by atoms with E-state index >= 15 is 0 Å². The first kappa shape index (κ1) is 20.1. The fraction of sp³-hybridized carbons (Fsp3) is 0.500. The summed E-state index contributed by atoms with van der Waals surface area (Å²) in [5.74, 6) is -0.134. The van der Waals surface area contributed by atoms with Crippen molar-refractivity contribution in [1.29, 1.82) is 0 Å². The minimum Gasteiger partial charge on any atom is -0.379 e. The lowest BCUT2D eigenvalue weighted by Gasteiger charge is -2.28. The molecule has 29 heavy (non-hydrogen) atoms. The molecule has 2 aliphatic heterocycles. The Labute approximate surface area is 174 Å². The predicted octanol–water partition coefficient (Wildman–Crippen LogP) is 1.79. The van der Waals surface area contributed by atoms with E-state index in [0.29, 0.717) is 17.4 Å². The Hall–Kier alpha value is -2.20. The maximum absolute atomic E-state index is 12.3. The van der Waals surface area contributed by atoms with Crippen LogP contribution in [0.5, 0.6) is 0 Å². The highest BCUT2D eigenvalue weighted by atomic mass is 32.1. The Bertz CT molecular complexity index is 786. The molecule has 0 aliphatic carbocycles. The normalized spacial score (nSPS) is 17.9. The number of nitrogens with zero attached hydrogens (tertiary/aromatic N) is 3. The van der Waals surface area contributed by atoms with E-state index < -0.39 is 0 Å². The summed E-state index contributed by atoms with van der Waals surface area (Å²) >= 11 is 1.43. The number of amides is 1. The fourth-order valence-electron chi connectivity index (χ4n) is 3.38. The molecule has 1 amide bonds. The molecule has 2 fully saturated rings. The first-order valence-corrected chi connectivity index (χ1v) is 10.9. The van der Waals surface area contributed by atoms with Crippen LogP contribution in [0.4, 0.5) is 16.5 Å². The first-order valence-electron chi connectivity index (χ1n) is 10.0. The summed E-state index contributed by atoms with van der Waals surface area (Å²) in [6.45, 7) is 8.21. The van der Waals surface area contributed by atoms with Crippen LogP contribution in [0, 0.1) is 0 Å². The second kappa shape index (κ2) is 10.0. The number of benzene rings is 1. The molecule has 156 valence electrons. The minimum atomic E-state index is -0.134. The Kier molecular flexibility index (Phi) is 6.94. The predicted molar refractivity (Wildman–Crippen MR) is 114 cm³/mol. The molecule has 3 heterocycles. The summed E-state index contributed by atoms with van der Waals surface area (Å²) in [6, 6.07) is 8.27. The Morgan fingerprint density at radius 2 is 1.72 bits per heavy atom. The average Bonchev–Trinajstić information content (AvgIpc) is 3.24. The third-order valence-electron chi connectivity index (χ3n) is 5.05. The largest absolute Gasteiger partial charge is 0.379 e. The second-order valence-corrected chi connectivity index (χ2v) is 7.88. The Morgan fingerprint density at radius 1 is 1.03 bits per heavy atom. The Morgan fingerprint density at radius 3 is 2.45 bits per heavy atom. The SMILES string of the molecule is O=C(NCCN1CCOCC1)c1csc(Nc2ccc(N3CCOCC3)cc2)n1. The highest BCUT2D eigenvalue weighted by Crippen LogP contribution is 2.24. The molecule has 2 N–H and O–H groups in total. The number of hydrogen-bond donors (Lipinski definition) is 2. The van der Waals surface area contributed by atoms with Gasteiger partial charge in [-0.05, 0) is 24.3 Å². The number of anilines is 3. The van der Waals surface area contributed by atoms with Gasteiger partial charge < -0.3 is 25.0 Å². The van der Waals surface area contributed by atoms with Gasteiger partial charge in [0.15, 0.2) is 5.13 Å². The monoisotopic (exact) mass is 417 g/mol. The van der Waals surface area contributed by atoms with Crippen molar-refractivity contribution in [3.05, 3.63) is 35.3 Å². The van der Waals surface area contributed by atoms with Gasteiger partial charge in [0, 0.05) is 56.0 Å². The van der Waals surface area contributed by atoms with Crippen molar-refractivity contribution in [2.24, 2.45) is 0 Å². The second-order valence-electron chi connectivity index (χ2n) is 7.02. The molecule has 9 heteroatoms. The quantitative estimate of drug-likeness (QED) is 0.711. The number of morpholine rings is 2. The summed E-state index contributed by atoms with van der Waals surface area (Å²) in [5.41, 5.74) is 2.60. The number of hydrogen-bond acceptors (Lipinski definition) is 8. The van der Waals surface area contributed by atoms with Gasteiger partial charge in [-0.25, -0.2) is 4.98 Å². The number of rotatable bonds is 7. The van der Waals surface area contributed by atoms with Gasteiger partial charge >= 0.3 is 0 Å². The van der Waals surface area contributed by atoms with Gasteiger partial charge in [-0.1, -0.05) is 0 Å². The molecule has 0 radical (unpaired) electrons. The van der Waals surface area contributed by atoms with Crippen LogP contribution in [0.3, 0.4) is 0 Å². The van der Waals surface area contributed by atoms with Crippen LogP contribution in [0.15, 0.2) is 29.6 Å². The lowest BCUT2D eigenvalue weighted by Crippen LogP contribution is -2.41. The van der Waals surface area contributed by atoms with Crippen LogP contribution in [-0.2, 0) is 9.47 Å². The number of carbonyl (C=O) groups excluding carboxylic acids is 1. The van der Waals surface area contributed by atoms with Gasteiger partial charge in [-0.2, -0.15) is 0 Å². The molecule has 0 unspecified atom stereocenters. The lowest BCUT2D eigenvalue weighted by molar-refractivity contribution is 0.0383. The summed E-state index contributed by atoms with van der Waals surface area (Å²) in [4.78, 5) is 21.3. The van der Waals surface area contributed by atoms with Crippen molar-refractivity contribution < 1.29 is 14.3 Å². The van der Waals surface area contributed by atoms with Crippen LogP contribution >= 0.6 is 11.3 Å². The van der Waals surface area contributed by atoms with Gasteiger partial charge in [0.2, 0.25) is 0 Å².